The fourth-order valence-corrected chi connectivity index (χ4v) is 4.70. The van der Waals surface area contributed by atoms with Crippen LogP contribution < -0.4 is 10.5 Å². The Balaban J connectivity index is 1.67. The molecule has 0 bridgehead atoms. The molecular formula is C27H28F2N6O2. The Morgan fingerprint density at radius 1 is 1.11 bits per heavy atom. The SMILES string of the molecule is Cc1cc(C2CN(c3cc4c(=O)n(C)c(C)nc4c(-c4ccc(C(F)F)nc4)n3)CC(C)(C)O2)ccn1. The Hall–Kier alpha value is -3.79. The fraction of sp³-hybridized carbons (Fsp3) is 0.370. The second kappa shape index (κ2) is 9.26. The lowest BCUT2D eigenvalue weighted by Gasteiger charge is -2.43. The van der Waals surface area contributed by atoms with E-state index in [1.54, 1.807) is 32.3 Å². The van der Waals surface area contributed by atoms with Gasteiger partial charge in [-0.15, -0.1) is 0 Å². The van der Waals surface area contributed by atoms with Gasteiger partial charge in [0.25, 0.3) is 12.0 Å². The molecule has 5 rings (SSSR count). The molecule has 1 unspecified atom stereocenters. The Labute approximate surface area is 213 Å². The van der Waals surface area contributed by atoms with Crippen LogP contribution in [0.3, 0.4) is 0 Å². The fourth-order valence-electron chi connectivity index (χ4n) is 4.70. The van der Waals surface area contributed by atoms with Crippen LogP contribution in [0, 0.1) is 13.8 Å². The predicted octanol–water partition coefficient (Wildman–Crippen LogP) is 4.70. The van der Waals surface area contributed by atoms with E-state index in [1.807, 2.05) is 32.9 Å². The first-order valence-corrected chi connectivity index (χ1v) is 12.0. The number of morpholine rings is 1. The van der Waals surface area contributed by atoms with Crippen molar-refractivity contribution >= 4 is 16.7 Å². The van der Waals surface area contributed by atoms with Crippen molar-refractivity contribution in [1.82, 2.24) is 24.5 Å². The highest BCUT2D eigenvalue weighted by Crippen LogP contribution is 2.35. The van der Waals surface area contributed by atoms with Gasteiger partial charge in [0, 0.05) is 43.8 Å². The van der Waals surface area contributed by atoms with E-state index in [9.17, 15) is 13.6 Å². The van der Waals surface area contributed by atoms with Crippen molar-refractivity contribution in [3.63, 3.8) is 0 Å². The number of halogens is 2. The summed E-state index contributed by atoms with van der Waals surface area (Å²) in [6.45, 7) is 8.74. The molecule has 1 aliphatic heterocycles. The van der Waals surface area contributed by atoms with Crippen LogP contribution in [0.5, 0.6) is 0 Å². The van der Waals surface area contributed by atoms with Gasteiger partial charge in [0.2, 0.25) is 0 Å². The molecule has 192 valence electrons. The van der Waals surface area contributed by atoms with Gasteiger partial charge in [-0.3, -0.25) is 19.3 Å². The molecule has 8 nitrogen and oxygen atoms in total. The van der Waals surface area contributed by atoms with E-state index < -0.39 is 12.0 Å². The lowest BCUT2D eigenvalue weighted by atomic mass is 10.0. The van der Waals surface area contributed by atoms with Crippen molar-refractivity contribution < 1.29 is 13.5 Å². The maximum atomic E-state index is 13.3. The molecule has 0 aliphatic carbocycles. The number of aryl methyl sites for hydroxylation is 2. The third-order valence-electron chi connectivity index (χ3n) is 6.59. The molecule has 4 aromatic rings. The second-order valence-corrected chi connectivity index (χ2v) is 10.00. The van der Waals surface area contributed by atoms with Gasteiger partial charge in [-0.25, -0.2) is 18.7 Å². The number of hydrogen-bond acceptors (Lipinski definition) is 7. The van der Waals surface area contributed by atoms with E-state index in [4.69, 9.17) is 9.72 Å². The molecule has 0 N–H and O–H groups in total. The Kier molecular flexibility index (Phi) is 6.23. The van der Waals surface area contributed by atoms with Gasteiger partial charge < -0.3 is 9.64 Å². The number of pyridine rings is 3. The molecule has 37 heavy (non-hydrogen) atoms. The minimum Gasteiger partial charge on any atom is -0.364 e. The first-order chi connectivity index (χ1) is 17.5. The topological polar surface area (TPSA) is 86.0 Å². The molecule has 5 heterocycles. The molecule has 0 aromatic carbocycles. The largest absolute Gasteiger partial charge is 0.364 e. The van der Waals surface area contributed by atoms with E-state index >= 15 is 0 Å². The van der Waals surface area contributed by atoms with Gasteiger partial charge in [0.05, 0.1) is 11.0 Å². The van der Waals surface area contributed by atoms with Gasteiger partial charge in [-0.2, -0.15) is 0 Å². The molecule has 0 saturated carbocycles. The zero-order chi connectivity index (χ0) is 26.5. The van der Waals surface area contributed by atoms with Crippen LogP contribution >= 0.6 is 0 Å². The molecule has 1 atom stereocenters. The lowest BCUT2D eigenvalue weighted by Crippen LogP contribution is -2.50. The van der Waals surface area contributed by atoms with E-state index in [2.05, 4.69) is 19.9 Å². The number of ether oxygens (including phenoxy) is 1. The highest BCUT2D eigenvalue weighted by atomic mass is 19.3. The van der Waals surface area contributed by atoms with Gasteiger partial charge >= 0.3 is 0 Å². The molecule has 4 aromatic heterocycles. The zero-order valence-corrected chi connectivity index (χ0v) is 21.4. The number of fused-ring (bicyclic) bond motifs is 1. The summed E-state index contributed by atoms with van der Waals surface area (Å²) >= 11 is 0. The highest BCUT2D eigenvalue weighted by Gasteiger charge is 2.35. The Bertz CT molecular complexity index is 1530. The maximum absolute atomic E-state index is 13.3. The first-order valence-electron chi connectivity index (χ1n) is 12.0. The summed E-state index contributed by atoms with van der Waals surface area (Å²) in [5.74, 6) is 1.10. The summed E-state index contributed by atoms with van der Waals surface area (Å²) in [6.07, 6.45) is 0.201. The standard InChI is InChI=1S/C27H28F2N6O2/c1-15-10-17(8-9-30-15)21-13-35(14-27(3,4)37-21)22-11-19-24(32-16(2)34(5)26(19)36)23(33-22)18-6-7-20(25(28)29)31-12-18/h6-12,21,25H,13-14H2,1-5H3. The summed E-state index contributed by atoms with van der Waals surface area (Å²) in [5, 5.41) is 0.395. The average molecular weight is 507 g/mol. The molecule has 0 amide bonds. The Morgan fingerprint density at radius 2 is 1.89 bits per heavy atom. The van der Waals surface area contributed by atoms with Crippen molar-refractivity contribution in [3.05, 3.63) is 75.9 Å². The van der Waals surface area contributed by atoms with Crippen LogP contribution in [0.2, 0.25) is 0 Å². The molecule has 1 aliphatic rings. The van der Waals surface area contributed by atoms with E-state index in [0.717, 1.165) is 11.3 Å². The van der Waals surface area contributed by atoms with Crippen LogP contribution in [0.4, 0.5) is 14.6 Å². The van der Waals surface area contributed by atoms with E-state index in [1.165, 1.54) is 16.8 Å². The Morgan fingerprint density at radius 3 is 2.57 bits per heavy atom. The average Bonchev–Trinajstić information content (AvgIpc) is 2.86. The second-order valence-electron chi connectivity index (χ2n) is 10.00. The molecule has 0 spiro atoms. The van der Waals surface area contributed by atoms with Crippen LogP contribution in [0.25, 0.3) is 22.2 Å². The highest BCUT2D eigenvalue weighted by molar-refractivity contribution is 5.92. The van der Waals surface area contributed by atoms with E-state index in [-0.39, 0.29) is 17.4 Å². The first kappa shape index (κ1) is 24.9. The number of nitrogens with zero attached hydrogens (tertiary/aromatic N) is 6. The summed E-state index contributed by atoms with van der Waals surface area (Å²) in [4.78, 5) is 33.1. The molecule has 0 radical (unpaired) electrons. The van der Waals surface area contributed by atoms with Gasteiger partial charge in [-0.05, 0) is 63.6 Å². The summed E-state index contributed by atoms with van der Waals surface area (Å²) in [5.41, 5.74) is 2.19. The van der Waals surface area contributed by atoms with Gasteiger partial charge in [0.1, 0.15) is 34.7 Å². The summed E-state index contributed by atoms with van der Waals surface area (Å²) in [6, 6.07) is 8.51. The van der Waals surface area contributed by atoms with Crippen LogP contribution in [0.1, 0.15) is 49.2 Å². The number of anilines is 1. The minimum absolute atomic E-state index is 0.210. The zero-order valence-electron chi connectivity index (χ0n) is 21.4. The van der Waals surface area contributed by atoms with Crippen LogP contribution in [-0.4, -0.2) is 43.2 Å². The normalized spacial score (nSPS) is 17.5. The van der Waals surface area contributed by atoms with Crippen LogP contribution in [-0.2, 0) is 11.8 Å². The molecule has 1 fully saturated rings. The molecule has 10 heteroatoms. The van der Waals surface area contributed by atoms with E-state index in [0.29, 0.717) is 46.9 Å². The monoisotopic (exact) mass is 506 g/mol. The van der Waals surface area contributed by atoms with Crippen LogP contribution in [0.15, 0.2) is 47.5 Å². The lowest BCUT2D eigenvalue weighted by molar-refractivity contribution is -0.0857. The van der Waals surface area contributed by atoms with Crippen molar-refractivity contribution in [2.75, 3.05) is 18.0 Å². The smallest absolute Gasteiger partial charge is 0.280 e. The quantitative estimate of drug-likeness (QED) is 0.397. The third kappa shape index (κ3) is 4.81. The molecule has 1 saturated heterocycles. The number of aromatic nitrogens is 5. The summed E-state index contributed by atoms with van der Waals surface area (Å²) in [7, 11) is 1.67. The summed E-state index contributed by atoms with van der Waals surface area (Å²) < 4.78 is 34.2. The maximum Gasteiger partial charge on any atom is 0.280 e. The minimum atomic E-state index is -2.68. The van der Waals surface area contributed by atoms with Gasteiger partial charge in [-0.1, -0.05) is 0 Å². The van der Waals surface area contributed by atoms with Crippen molar-refractivity contribution in [2.45, 2.75) is 45.8 Å². The number of rotatable bonds is 4. The molecular weight excluding hydrogens is 478 g/mol. The van der Waals surface area contributed by atoms with Crippen molar-refractivity contribution in [2.24, 2.45) is 7.05 Å². The van der Waals surface area contributed by atoms with Crippen molar-refractivity contribution in [3.8, 4) is 11.3 Å². The number of hydrogen-bond donors (Lipinski definition) is 0. The predicted molar refractivity (Wildman–Crippen MR) is 137 cm³/mol. The van der Waals surface area contributed by atoms with Crippen molar-refractivity contribution in [1.29, 1.82) is 0 Å². The van der Waals surface area contributed by atoms with Gasteiger partial charge in [0.15, 0.2) is 0 Å². The third-order valence-corrected chi connectivity index (χ3v) is 6.59. The number of alkyl halides is 2.